The Kier molecular flexibility index (Phi) is 3.34. The number of aliphatic hydroxyl groups excluding tert-OH is 3. The molecule has 0 spiro atoms. The second-order valence-corrected chi connectivity index (χ2v) is 2.92. The molecule has 0 amide bonds. The molecule has 6 heteroatoms. The zero-order chi connectivity index (χ0) is 10.0. The van der Waals surface area contributed by atoms with Gasteiger partial charge in [-0.15, -0.1) is 0 Å². The molecule has 76 valence electrons. The number of rotatable bonds is 2. The molecular formula is C7H13NO5. The molecule has 1 rings (SSSR count). The summed E-state index contributed by atoms with van der Waals surface area (Å²) in [6.45, 7) is 0. The van der Waals surface area contributed by atoms with E-state index in [4.69, 9.17) is 4.74 Å². The molecule has 5 atom stereocenters. The van der Waals surface area contributed by atoms with Crippen LogP contribution >= 0.6 is 0 Å². The molecule has 13 heavy (non-hydrogen) atoms. The van der Waals surface area contributed by atoms with E-state index in [-0.39, 0.29) is 0 Å². The van der Waals surface area contributed by atoms with Gasteiger partial charge in [0.15, 0.2) is 12.6 Å². The van der Waals surface area contributed by atoms with Crippen LogP contribution in [0.25, 0.3) is 0 Å². The Morgan fingerprint density at radius 1 is 1.31 bits per heavy atom. The second-order valence-electron chi connectivity index (χ2n) is 2.92. The summed E-state index contributed by atoms with van der Waals surface area (Å²) < 4.78 is 4.74. The van der Waals surface area contributed by atoms with Crippen LogP contribution in [-0.4, -0.2) is 59.3 Å². The van der Waals surface area contributed by atoms with Crippen molar-refractivity contribution < 1.29 is 24.9 Å². The number of likely N-dealkylation sites (N-methyl/N-ethyl adjacent to an activating group) is 1. The van der Waals surface area contributed by atoms with Gasteiger partial charge in [0.05, 0.1) is 6.04 Å². The Hall–Kier alpha value is -0.530. The third-order valence-electron chi connectivity index (χ3n) is 2.13. The van der Waals surface area contributed by atoms with Gasteiger partial charge >= 0.3 is 0 Å². The van der Waals surface area contributed by atoms with Gasteiger partial charge in [-0.1, -0.05) is 0 Å². The summed E-state index contributed by atoms with van der Waals surface area (Å²) in [5, 5.41) is 30.5. The molecule has 0 aromatic heterocycles. The fraction of sp³-hybridized carbons (Fsp3) is 0.857. The van der Waals surface area contributed by atoms with Gasteiger partial charge in [-0.25, -0.2) is 0 Å². The number of carbonyl (C=O) groups excluding carboxylic acids is 1. The first-order chi connectivity index (χ1) is 6.11. The average molecular weight is 191 g/mol. The minimum Gasteiger partial charge on any atom is -0.388 e. The Balaban J connectivity index is 2.72. The number of aldehydes is 1. The molecule has 0 aromatic rings. The molecule has 1 saturated heterocycles. The molecule has 1 fully saturated rings. The SMILES string of the molecule is CNC1C(O)OC(C=O)C(O)C1O. The van der Waals surface area contributed by atoms with E-state index in [2.05, 4.69) is 5.32 Å². The smallest absolute Gasteiger partial charge is 0.173 e. The molecule has 0 aliphatic carbocycles. The predicted octanol–water partition coefficient (Wildman–Crippen LogP) is -2.79. The quantitative estimate of drug-likeness (QED) is 0.352. The van der Waals surface area contributed by atoms with Crippen molar-refractivity contribution >= 4 is 6.29 Å². The van der Waals surface area contributed by atoms with Crippen LogP contribution in [0.4, 0.5) is 0 Å². The van der Waals surface area contributed by atoms with Gasteiger partial charge in [-0.2, -0.15) is 0 Å². The van der Waals surface area contributed by atoms with E-state index in [1.54, 1.807) is 0 Å². The van der Waals surface area contributed by atoms with Gasteiger partial charge in [-0.3, -0.25) is 0 Å². The number of nitrogens with one attached hydrogen (secondary N) is 1. The van der Waals surface area contributed by atoms with Crippen LogP contribution in [0, 0.1) is 0 Å². The Morgan fingerprint density at radius 2 is 1.92 bits per heavy atom. The van der Waals surface area contributed by atoms with Gasteiger partial charge in [0.25, 0.3) is 0 Å². The van der Waals surface area contributed by atoms with Gasteiger partial charge < -0.3 is 30.2 Å². The molecule has 1 aliphatic rings. The summed E-state index contributed by atoms with van der Waals surface area (Å²) in [6.07, 6.45) is -4.64. The fourth-order valence-corrected chi connectivity index (χ4v) is 1.33. The van der Waals surface area contributed by atoms with Crippen LogP contribution in [-0.2, 0) is 9.53 Å². The first-order valence-corrected chi connectivity index (χ1v) is 3.94. The number of hydrogen-bond acceptors (Lipinski definition) is 6. The van der Waals surface area contributed by atoms with Crippen molar-refractivity contribution in [1.29, 1.82) is 0 Å². The maximum atomic E-state index is 10.3. The summed E-state index contributed by atoms with van der Waals surface area (Å²) in [5.41, 5.74) is 0. The predicted molar refractivity (Wildman–Crippen MR) is 41.8 cm³/mol. The number of carbonyl (C=O) groups is 1. The van der Waals surface area contributed by atoms with Crippen LogP contribution < -0.4 is 5.32 Å². The number of hydrogen-bond donors (Lipinski definition) is 4. The van der Waals surface area contributed by atoms with E-state index in [9.17, 15) is 20.1 Å². The van der Waals surface area contributed by atoms with Crippen molar-refractivity contribution in [2.45, 2.75) is 30.6 Å². The molecule has 5 unspecified atom stereocenters. The maximum Gasteiger partial charge on any atom is 0.173 e. The summed E-state index contributed by atoms with van der Waals surface area (Å²) in [4.78, 5) is 10.3. The highest BCUT2D eigenvalue weighted by Crippen LogP contribution is 2.18. The molecule has 1 heterocycles. The highest BCUT2D eigenvalue weighted by molar-refractivity contribution is 5.57. The van der Waals surface area contributed by atoms with Crippen molar-refractivity contribution in [3.8, 4) is 0 Å². The van der Waals surface area contributed by atoms with Crippen molar-refractivity contribution in [2.24, 2.45) is 0 Å². The zero-order valence-electron chi connectivity index (χ0n) is 7.12. The third-order valence-corrected chi connectivity index (χ3v) is 2.13. The standard InChI is InChI=1S/C7H13NO5/c1-8-4-6(11)5(10)3(2-9)13-7(4)12/h2-8,10-12H,1H3. The van der Waals surface area contributed by atoms with Crippen molar-refractivity contribution in [2.75, 3.05) is 7.05 Å². The van der Waals surface area contributed by atoms with E-state index in [1.165, 1.54) is 7.05 Å². The van der Waals surface area contributed by atoms with Crippen LogP contribution in [0.3, 0.4) is 0 Å². The summed E-state index contributed by atoms with van der Waals surface area (Å²) in [5.74, 6) is 0. The first kappa shape index (κ1) is 10.6. The van der Waals surface area contributed by atoms with Crippen molar-refractivity contribution in [3.05, 3.63) is 0 Å². The molecule has 0 bridgehead atoms. The average Bonchev–Trinajstić information content (AvgIpc) is 2.12. The van der Waals surface area contributed by atoms with Crippen LogP contribution in [0.15, 0.2) is 0 Å². The maximum absolute atomic E-state index is 10.3. The lowest BCUT2D eigenvalue weighted by atomic mass is 9.98. The molecule has 0 radical (unpaired) electrons. The van der Waals surface area contributed by atoms with Gasteiger partial charge in [0.1, 0.15) is 18.3 Å². The molecule has 6 nitrogen and oxygen atoms in total. The van der Waals surface area contributed by atoms with E-state index >= 15 is 0 Å². The third kappa shape index (κ3) is 1.87. The van der Waals surface area contributed by atoms with Crippen LogP contribution in [0.5, 0.6) is 0 Å². The lowest BCUT2D eigenvalue weighted by Gasteiger charge is -2.38. The fourth-order valence-electron chi connectivity index (χ4n) is 1.33. The minimum absolute atomic E-state index is 0.350. The zero-order valence-corrected chi connectivity index (χ0v) is 7.12. The van der Waals surface area contributed by atoms with Gasteiger partial charge in [0, 0.05) is 0 Å². The summed E-state index contributed by atoms with van der Waals surface area (Å²) >= 11 is 0. The van der Waals surface area contributed by atoms with Crippen LogP contribution in [0.1, 0.15) is 0 Å². The lowest BCUT2D eigenvalue weighted by molar-refractivity contribution is -0.238. The van der Waals surface area contributed by atoms with Crippen molar-refractivity contribution in [1.82, 2.24) is 5.32 Å². The summed E-state index contributed by atoms with van der Waals surface area (Å²) in [7, 11) is 1.51. The molecule has 0 saturated carbocycles. The molecule has 0 aromatic carbocycles. The van der Waals surface area contributed by atoms with E-state index in [0.717, 1.165) is 0 Å². The van der Waals surface area contributed by atoms with Crippen molar-refractivity contribution in [3.63, 3.8) is 0 Å². The Morgan fingerprint density at radius 3 is 2.38 bits per heavy atom. The topological polar surface area (TPSA) is 99.0 Å². The molecule has 1 aliphatic heterocycles. The highest BCUT2D eigenvalue weighted by Gasteiger charge is 2.42. The van der Waals surface area contributed by atoms with E-state index in [1.807, 2.05) is 0 Å². The van der Waals surface area contributed by atoms with E-state index < -0.39 is 30.6 Å². The Labute approximate surface area is 75.1 Å². The highest BCUT2D eigenvalue weighted by atomic mass is 16.6. The Bertz CT molecular complexity index is 188. The molecular weight excluding hydrogens is 178 g/mol. The number of aliphatic hydroxyl groups is 3. The molecule has 4 N–H and O–H groups in total. The van der Waals surface area contributed by atoms with Gasteiger partial charge in [0.2, 0.25) is 0 Å². The lowest BCUT2D eigenvalue weighted by Crippen LogP contribution is -2.62. The van der Waals surface area contributed by atoms with E-state index in [0.29, 0.717) is 6.29 Å². The minimum atomic E-state index is -1.31. The summed E-state index contributed by atoms with van der Waals surface area (Å²) in [6, 6.07) is -0.786. The largest absolute Gasteiger partial charge is 0.388 e. The van der Waals surface area contributed by atoms with Gasteiger partial charge in [-0.05, 0) is 7.05 Å². The second kappa shape index (κ2) is 4.12. The monoisotopic (exact) mass is 191 g/mol. The number of ether oxygens (including phenoxy) is 1. The van der Waals surface area contributed by atoms with Crippen LogP contribution in [0.2, 0.25) is 0 Å². The normalized spacial score (nSPS) is 46.0. The first-order valence-electron chi connectivity index (χ1n) is 3.94.